The van der Waals surface area contributed by atoms with Crippen molar-refractivity contribution in [3.8, 4) is 0 Å². The maximum atomic E-state index is 13.0. The predicted molar refractivity (Wildman–Crippen MR) is 143 cm³/mol. The second-order valence-corrected chi connectivity index (χ2v) is 11.7. The van der Waals surface area contributed by atoms with Crippen molar-refractivity contribution in [2.45, 2.75) is 63.0 Å². The smallest absolute Gasteiger partial charge is 0.353 e. The van der Waals surface area contributed by atoms with Gasteiger partial charge < -0.3 is 30.1 Å². The van der Waals surface area contributed by atoms with E-state index in [-0.39, 0.29) is 40.8 Å². The molecule has 1 aromatic heterocycles. The van der Waals surface area contributed by atoms with Crippen molar-refractivity contribution in [2.24, 2.45) is 11.8 Å². The van der Waals surface area contributed by atoms with Gasteiger partial charge in [-0.15, -0.1) is 11.8 Å². The lowest BCUT2D eigenvalue weighted by Gasteiger charge is -2.46. The van der Waals surface area contributed by atoms with Gasteiger partial charge in [-0.25, -0.2) is 4.79 Å². The molecule has 3 aliphatic heterocycles. The number of fused-ring (bicyclic) bond motifs is 1. The van der Waals surface area contributed by atoms with Crippen LogP contribution in [0.15, 0.2) is 35.1 Å². The first-order valence-electron chi connectivity index (χ1n) is 13.3. The highest BCUT2D eigenvalue weighted by atomic mass is 32.2. The first-order chi connectivity index (χ1) is 18.2. The van der Waals surface area contributed by atoms with Crippen molar-refractivity contribution in [2.75, 3.05) is 33.4 Å². The predicted octanol–water partition coefficient (Wildman–Crippen LogP) is 1.50. The van der Waals surface area contributed by atoms with Crippen LogP contribution in [0.2, 0.25) is 0 Å². The van der Waals surface area contributed by atoms with Gasteiger partial charge in [-0.3, -0.25) is 14.6 Å². The van der Waals surface area contributed by atoms with Gasteiger partial charge in [-0.05, 0) is 44.2 Å². The van der Waals surface area contributed by atoms with E-state index >= 15 is 0 Å². The number of β-lactam (4-membered cyclic amide) rings is 1. The quantitative estimate of drug-likeness (QED) is 0.249. The minimum atomic E-state index is -1.13. The van der Waals surface area contributed by atoms with Gasteiger partial charge in [0.25, 0.3) is 0 Å². The Balaban J connectivity index is 1.20. The van der Waals surface area contributed by atoms with Crippen LogP contribution in [0.4, 0.5) is 0 Å². The van der Waals surface area contributed by atoms with Gasteiger partial charge in [0.05, 0.1) is 30.7 Å². The number of aliphatic hydroxyl groups excluding tert-OH is 1. The second-order valence-electron chi connectivity index (χ2n) is 10.4. The number of carboxylic acids is 1. The summed E-state index contributed by atoms with van der Waals surface area (Å²) in [5.41, 5.74) is 1.25. The molecular formula is C27H38N4O6S. The van der Waals surface area contributed by atoms with E-state index in [2.05, 4.69) is 16.4 Å². The molecule has 0 bridgehead atoms. The van der Waals surface area contributed by atoms with Crippen molar-refractivity contribution >= 4 is 29.5 Å². The number of ether oxygens (including phenoxy) is 1. The van der Waals surface area contributed by atoms with Crippen LogP contribution in [0, 0.1) is 11.8 Å². The van der Waals surface area contributed by atoms with E-state index in [1.54, 1.807) is 25.1 Å². The fourth-order valence-corrected chi connectivity index (χ4v) is 7.08. The molecule has 208 valence electrons. The van der Waals surface area contributed by atoms with Gasteiger partial charge in [0.2, 0.25) is 11.8 Å². The number of hydrogen-bond acceptors (Lipinski definition) is 8. The molecule has 3 N–H and O–H groups in total. The van der Waals surface area contributed by atoms with Gasteiger partial charge in [-0.1, -0.05) is 13.0 Å². The lowest BCUT2D eigenvalue weighted by atomic mass is 9.79. The fraction of sp³-hybridized carbons (Fsp3) is 0.630. The number of pyridine rings is 1. The van der Waals surface area contributed by atoms with Gasteiger partial charge in [0.1, 0.15) is 5.70 Å². The van der Waals surface area contributed by atoms with E-state index in [9.17, 15) is 24.6 Å². The first kappa shape index (κ1) is 28.5. The first-order valence-corrected chi connectivity index (χ1v) is 14.2. The fourth-order valence-electron chi connectivity index (χ4n) is 5.60. The minimum Gasteiger partial charge on any atom is -0.477 e. The maximum absolute atomic E-state index is 13.0. The van der Waals surface area contributed by atoms with Crippen LogP contribution in [0.3, 0.4) is 0 Å². The summed E-state index contributed by atoms with van der Waals surface area (Å²) < 4.78 is 5.73. The maximum Gasteiger partial charge on any atom is 0.353 e. The Kier molecular flexibility index (Phi) is 9.45. The zero-order valence-electron chi connectivity index (χ0n) is 22.2. The SMILES string of the molecule is C[C@H]1C(S[C@@H]2CN[C@H](C(=O)N(C)CCOCCCCc3cccnc3)C2)=C(C(=O)O)N2C(=O)[C@H]([C@@H](C)O)C12. The summed E-state index contributed by atoms with van der Waals surface area (Å²) in [5, 5.41) is 23.2. The average Bonchev–Trinajstić information content (AvgIpc) is 3.45. The van der Waals surface area contributed by atoms with Crippen molar-refractivity contribution < 1.29 is 29.3 Å². The largest absolute Gasteiger partial charge is 0.477 e. The van der Waals surface area contributed by atoms with E-state index in [4.69, 9.17) is 4.74 Å². The molecule has 3 aliphatic rings. The number of aliphatic carboxylic acids is 1. The number of aliphatic hydroxyl groups is 1. The van der Waals surface area contributed by atoms with Crippen molar-refractivity contribution in [3.63, 3.8) is 0 Å². The summed E-state index contributed by atoms with van der Waals surface area (Å²) in [6.07, 6.45) is 6.35. The van der Waals surface area contributed by atoms with E-state index in [0.717, 1.165) is 19.3 Å². The van der Waals surface area contributed by atoms with Crippen molar-refractivity contribution in [1.82, 2.24) is 20.1 Å². The number of carbonyl (C=O) groups excluding carboxylic acids is 2. The third-order valence-electron chi connectivity index (χ3n) is 7.67. The number of amides is 2. The number of carboxylic acid groups (broad SMARTS) is 1. The van der Waals surface area contributed by atoms with Crippen LogP contribution in [0.25, 0.3) is 0 Å². The summed E-state index contributed by atoms with van der Waals surface area (Å²) in [6.45, 7) is 5.68. The standard InChI is InChI=1S/C27H38N4O6S/c1-16-22-21(17(2)32)26(34)31(22)23(27(35)36)24(16)38-19-13-20(29-15-19)25(33)30(3)10-12-37-11-5-4-7-18-8-6-9-28-14-18/h6,8-9,14,16-17,19-22,29,32H,4-5,7,10-13,15H2,1-3H3,(H,35,36)/t16-,17-,19+,20+,21-,22?/m1/s1. The number of likely N-dealkylation sites (N-methyl/N-ethyl adjacent to an activating group) is 1. The Hall–Kier alpha value is -2.47. The molecule has 0 aliphatic carbocycles. The molecule has 10 nitrogen and oxygen atoms in total. The molecule has 1 unspecified atom stereocenters. The Labute approximate surface area is 227 Å². The molecule has 4 rings (SSSR count). The van der Waals surface area contributed by atoms with E-state index in [1.807, 2.05) is 19.2 Å². The Morgan fingerprint density at radius 1 is 1.34 bits per heavy atom. The van der Waals surface area contributed by atoms with E-state index in [0.29, 0.717) is 37.6 Å². The zero-order chi connectivity index (χ0) is 27.4. The molecule has 11 heteroatoms. The van der Waals surface area contributed by atoms with Crippen LogP contribution < -0.4 is 5.32 Å². The van der Waals surface area contributed by atoms with Gasteiger partial charge in [0, 0.05) is 55.2 Å². The molecule has 6 atom stereocenters. The highest BCUT2D eigenvalue weighted by Crippen LogP contribution is 2.51. The number of aryl methyl sites for hydroxylation is 1. The Bertz CT molecular complexity index is 1050. The molecule has 0 spiro atoms. The Morgan fingerprint density at radius 3 is 2.82 bits per heavy atom. The number of thioether (sulfide) groups is 1. The normalized spacial score (nSPS) is 27.3. The number of unbranched alkanes of at least 4 members (excludes halogenated alkanes) is 1. The molecule has 4 heterocycles. The average molecular weight is 547 g/mol. The molecule has 2 fully saturated rings. The molecule has 1 aromatic rings. The monoisotopic (exact) mass is 546 g/mol. The van der Waals surface area contributed by atoms with Crippen molar-refractivity contribution in [3.05, 3.63) is 40.7 Å². The van der Waals surface area contributed by atoms with Gasteiger partial charge in [0.15, 0.2) is 0 Å². The molecule has 38 heavy (non-hydrogen) atoms. The summed E-state index contributed by atoms with van der Waals surface area (Å²) in [6, 6.07) is 3.34. The summed E-state index contributed by atoms with van der Waals surface area (Å²) in [5.74, 6) is -2.23. The number of aromatic nitrogens is 1. The van der Waals surface area contributed by atoms with E-state index in [1.165, 1.54) is 22.2 Å². The van der Waals surface area contributed by atoms with Crippen LogP contribution in [-0.4, -0.2) is 99.6 Å². The van der Waals surface area contributed by atoms with E-state index < -0.39 is 18.0 Å². The number of carbonyl (C=O) groups is 3. The summed E-state index contributed by atoms with van der Waals surface area (Å²) >= 11 is 1.44. The zero-order valence-corrected chi connectivity index (χ0v) is 23.0. The molecule has 0 saturated carbocycles. The Morgan fingerprint density at radius 2 is 2.13 bits per heavy atom. The highest BCUT2D eigenvalue weighted by molar-refractivity contribution is 8.03. The van der Waals surface area contributed by atoms with Crippen LogP contribution in [0.5, 0.6) is 0 Å². The lowest BCUT2D eigenvalue weighted by Crippen LogP contribution is -2.63. The molecule has 2 saturated heterocycles. The summed E-state index contributed by atoms with van der Waals surface area (Å²) in [4.78, 5) is 45.3. The molecule has 0 aromatic carbocycles. The lowest BCUT2D eigenvalue weighted by molar-refractivity contribution is -0.163. The second kappa shape index (κ2) is 12.6. The number of nitrogens with one attached hydrogen (secondary N) is 1. The molecule has 0 radical (unpaired) electrons. The molecule has 2 amide bonds. The highest BCUT2D eigenvalue weighted by Gasteiger charge is 2.60. The van der Waals surface area contributed by atoms with Gasteiger partial charge >= 0.3 is 5.97 Å². The van der Waals surface area contributed by atoms with Crippen LogP contribution in [-0.2, 0) is 25.5 Å². The van der Waals surface area contributed by atoms with Crippen molar-refractivity contribution in [1.29, 1.82) is 0 Å². The summed E-state index contributed by atoms with van der Waals surface area (Å²) in [7, 11) is 1.77. The number of hydrogen-bond donors (Lipinski definition) is 3. The number of rotatable bonds is 13. The minimum absolute atomic E-state index is 0.00616. The third kappa shape index (κ3) is 6.06. The number of nitrogens with zero attached hydrogens (tertiary/aromatic N) is 3. The van der Waals surface area contributed by atoms with Crippen LogP contribution in [0.1, 0.15) is 38.7 Å². The van der Waals surface area contributed by atoms with Crippen LogP contribution >= 0.6 is 11.8 Å². The topological polar surface area (TPSA) is 132 Å². The van der Waals surface area contributed by atoms with Gasteiger partial charge in [-0.2, -0.15) is 0 Å². The molecular weight excluding hydrogens is 508 g/mol. The third-order valence-corrected chi connectivity index (χ3v) is 9.18.